The molecule has 1 atom stereocenters. The van der Waals surface area contributed by atoms with Gasteiger partial charge in [0, 0.05) is 37.1 Å². The van der Waals surface area contributed by atoms with Crippen LogP contribution in [0.5, 0.6) is 17.2 Å². The van der Waals surface area contributed by atoms with Gasteiger partial charge in [0.05, 0.1) is 33.3 Å². The first-order chi connectivity index (χ1) is 16.6. The van der Waals surface area contributed by atoms with Crippen molar-refractivity contribution in [3.05, 3.63) is 64.3 Å². The normalized spacial score (nSPS) is 14.5. The third-order valence-electron chi connectivity index (χ3n) is 6.35. The molecule has 2 aromatic carbocycles. The minimum atomic E-state index is -0.0352. The number of nitrogens with zero attached hydrogens (tertiary/aromatic N) is 2. The van der Waals surface area contributed by atoms with E-state index in [0.29, 0.717) is 29.5 Å². The molecule has 1 aromatic heterocycles. The number of rotatable bonds is 9. The lowest BCUT2D eigenvalue weighted by molar-refractivity contribution is 0.324. The maximum Gasteiger partial charge on any atom is 0.203 e. The van der Waals surface area contributed by atoms with Crippen molar-refractivity contribution in [3.63, 3.8) is 0 Å². The van der Waals surface area contributed by atoms with Crippen LogP contribution >= 0.6 is 0 Å². The Morgan fingerprint density at radius 2 is 1.94 bits per heavy atom. The van der Waals surface area contributed by atoms with E-state index in [2.05, 4.69) is 15.6 Å². The van der Waals surface area contributed by atoms with Crippen molar-refractivity contribution in [2.24, 2.45) is 0 Å². The number of aromatic nitrogens is 2. The van der Waals surface area contributed by atoms with E-state index in [-0.39, 0.29) is 11.5 Å². The van der Waals surface area contributed by atoms with Crippen LogP contribution in [0.25, 0.3) is 11.1 Å². The first-order valence-electron chi connectivity index (χ1n) is 11.5. The Kier molecular flexibility index (Phi) is 7.37. The molecule has 180 valence electrons. The molecule has 34 heavy (non-hydrogen) atoms. The Morgan fingerprint density at radius 1 is 1.12 bits per heavy atom. The molecule has 8 nitrogen and oxygen atoms in total. The quantitative estimate of drug-likeness (QED) is 0.468. The molecule has 0 radical (unpaired) electrons. The second kappa shape index (κ2) is 10.6. The Balaban J connectivity index is 1.76. The largest absolute Gasteiger partial charge is 0.493 e. The summed E-state index contributed by atoms with van der Waals surface area (Å²) in [6.07, 6.45) is 8.02. The van der Waals surface area contributed by atoms with Crippen molar-refractivity contribution in [2.75, 3.05) is 40.2 Å². The van der Waals surface area contributed by atoms with E-state index < -0.39 is 0 Å². The molecule has 1 aliphatic carbocycles. The van der Waals surface area contributed by atoms with Crippen LogP contribution in [0.2, 0.25) is 0 Å². The summed E-state index contributed by atoms with van der Waals surface area (Å²) in [5, 5.41) is 6.70. The summed E-state index contributed by atoms with van der Waals surface area (Å²) in [5.41, 5.74) is 4.48. The molecule has 0 saturated heterocycles. The number of ether oxygens (including phenoxy) is 3. The van der Waals surface area contributed by atoms with Crippen molar-refractivity contribution >= 4 is 5.69 Å². The van der Waals surface area contributed by atoms with Gasteiger partial charge in [-0.05, 0) is 61.2 Å². The molecule has 3 aromatic rings. The molecule has 0 aliphatic heterocycles. The fraction of sp³-hybridized carbons (Fsp3) is 0.385. The van der Waals surface area contributed by atoms with Gasteiger partial charge in [-0.25, -0.2) is 4.98 Å². The van der Waals surface area contributed by atoms with Gasteiger partial charge in [0.1, 0.15) is 0 Å². The summed E-state index contributed by atoms with van der Waals surface area (Å²) < 4.78 is 19.1. The summed E-state index contributed by atoms with van der Waals surface area (Å²) in [4.78, 5) is 17.3. The molecular formula is C26H32N4O4. The molecule has 0 amide bonds. The summed E-state index contributed by atoms with van der Waals surface area (Å²) in [6.45, 7) is 1.52. The minimum Gasteiger partial charge on any atom is -0.493 e. The molecule has 1 heterocycles. The minimum absolute atomic E-state index is 0.0262. The number of hydrogen-bond donors (Lipinski definition) is 2. The van der Waals surface area contributed by atoms with E-state index in [1.807, 2.05) is 36.0 Å². The van der Waals surface area contributed by atoms with Gasteiger partial charge in [0.2, 0.25) is 11.2 Å². The van der Waals surface area contributed by atoms with Crippen LogP contribution in [0.15, 0.2) is 47.8 Å². The van der Waals surface area contributed by atoms with Crippen LogP contribution < -0.4 is 30.3 Å². The predicted octanol–water partition coefficient (Wildman–Crippen LogP) is 3.65. The number of benzene rings is 1. The SMILES string of the molecule is CN[C@@H]1CCc2cc(OC)c(OC)c(OC)c2-c2ccc(NCCCn3ccnc3)c(=O)cc21. The van der Waals surface area contributed by atoms with Gasteiger partial charge in [-0.3, -0.25) is 4.79 Å². The number of nitrogens with one attached hydrogen (secondary N) is 2. The van der Waals surface area contributed by atoms with Crippen LogP contribution in [0.4, 0.5) is 5.69 Å². The highest BCUT2D eigenvalue weighted by Gasteiger charge is 2.28. The zero-order chi connectivity index (χ0) is 24.1. The van der Waals surface area contributed by atoms with Gasteiger partial charge in [-0.1, -0.05) is 6.07 Å². The Morgan fingerprint density at radius 3 is 2.62 bits per heavy atom. The summed E-state index contributed by atoms with van der Waals surface area (Å²) in [5.74, 6) is 1.79. The molecule has 8 heteroatoms. The Bertz CT molecular complexity index is 1190. The lowest BCUT2D eigenvalue weighted by atomic mass is 9.95. The highest BCUT2D eigenvalue weighted by Crippen LogP contribution is 2.50. The highest BCUT2D eigenvalue weighted by atomic mass is 16.5. The number of imidazole rings is 1. The van der Waals surface area contributed by atoms with Crippen molar-refractivity contribution in [1.29, 1.82) is 0 Å². The van der Waals surface area contributed by atoms with Crippen LogP contribution in [0.1, 0.15) is 30.0 Å². The summed E-state index contributed by atoms with van der Waals surface area (Å²) >= 11 is 0. The van der Waals surface area contributed by atoms with E-state index in [9.17, 15) is 4.79 Å². The van der Waals surface area contributed by atoms with Crippen molar-refractivity contribution in [1.82, 2.24) is 14.9 Å². The molecule has 0 spiro atoms. The fourth-order valence-corrected chi connectivity index (χ4v) is 4.66. The Hall–Kier alpha value is -3.52. The number of anilines is 1. The average molecular weight is 465 g/mol. The molecule has 0 bridgehead atoms. The van der Waals surface area contributed by atoms with Crippen molar-refractivity contribution in [3.8, 4) is 28.4 Å². The second-order valence-electron chi connectivity index (χ2n) is 8.26. The second-order valence-corrected chi connectivity index (χ2v) is 8.26. The van der Waals surface area contributed by atoms with Crippen molar-refractivity contribution < 1.29 is 14.2 Å². The third-order valence-corrected chi connectivity index (χ3v) is 6.35. The molecule has 4 rings (SSSR count). The van der Waals surface area contributed by atoms with Gasteiger partial charge in [-0.2, -0.15) is 0 Å². The number of methoxy groups -OCH3 is 3. The van der Waals surface area contributed by atoms with E-state index in [4.69, 9.17) is 14.2 Å². The molecule has 0 saturated carbocycles. The zero-order valence-corrected chi connectivity index (χ0v) is 20.2. The van der Waals surface area contributed by atoms with Gasteiger partial charge in [0.15, 0.2) is 11.5 Å². The number of hydrogen-bond acceptors (Lipinski definition) is 7. The topological polar surface area (TPSA) is 86.6 Å². The number of fused-ring (bicyclic) bond motifs is 3. The molecular weight excluding hydrogens is 432 g/mol. The molecule has 0 unspecified atom stereocenters. The lowest BCUT2D eigenvalue weighted by Crippen LogP contribution is -2.18. The van der Waals surface area contributed by atoms with Crippen LogP contribution in [-0.2, 0) is 13.0 Å². The lowest BCUT2D eigenvalue weighted by Gasteiger charge is -2.19. The van der Waals surface area contributed by atoms with Crippen LogP contribution in [0.3, 0.4) is 0 Å². The maximum absolute atomic E-state index is 13.2. The molecule has 2 N–H and O–H groups in total. The van der Waals surface area contributed by atoms with E-state index >= 15 is 0 Å². The monoisotopic (exact) mass is 464 g/mol. The van der Waals surface area contributed by atoms with Crippen LogP contribution in [0, 0.1) is 0 Å². The summed E-state index contributed by atoms with van der Waals surface area (Å²) in [7, 11) is 6.79. The van der Waals surface area contributed by atoms with Gasteiger partial charge in [0.25, 0.3) is 0 Å². The molecule has 0 fully saturated rings. The highest BCUT2D eigenvalue weighted by molar-refractivity contribution is 5.83. The number of aryl methyl sites for hydroxylation is 2. The van der Waals surface area contributed by atoms with E-state index in [0.717, 1.165) is 48.1 Å². The first-order valence-corrected chi connectivity index (χ1v) is 11.5. The predicted molar refractivity (Wildman–Crippen MR) is 133 cm³/mol. The van der Waals surface area contributed by atoms with Gasteiger partial charge >= 0.3 is 0 Å². The standard InChI is InChI=1S/C26H32N4O4/c1-27-20-8-6-17-14-23(32-2)25(33-3)26(34-4)24(17)18-7-9-21(22(31)15-19(18)20)29-10-5-12-30-13-11-28-16-30/h7,9,11,13-16,20,27H,5-6,8,10,12H2,1-4H3,(H,29,31)/t20-/m1/s1. The van der Waals surface area contributed by atoms with E-state index in [1.54, 1.807) is 39.9 Å². The smallest absolute Gasteiger partial charge is 0.203 e. The van der Waals surface area contributed by atoms with Gasteiger partial charge in [-0.15, -0.1) is 0 Å². The van der Waals surface area contributed by atoms with Crippen molar-refractivity contribution in [2.45, 2.75) is 31.8 Å². The zero-order valence-electron chi connectivity index (χ0n) is 20.2. The van der Waals surface area contributed by atoms with Crippen LogP contribution in [-0.4, -0.2) is 44.5 Å². The molecule has 1 aliphatic rings. The first kappa shape index (κ1) is 23.6. The summed E-state index contributed by atoms with van der Waals surface area (Å²) in [6, 6.07) is 7.67. The van der Waals surface area contributed by atoms with E-state index in [1.165, 1.54) is 0 Å². The van der Waals surface area contributed by atoms with Gasteiger partial charge < -0.3 is 29.4 Å². The maximum atomic E-state index is 13.2. The third kappa shape index (κ3) is 4.59. The Labute approximate surface area is 199 Å². The fourth-order valence-electron chi connectivity index (χ4n) is 4.66. The average Bonchev–Trinajstić information content (AvgIpc) is 3.26.